The highest BCUT2D eigenvalue weighted by Gasteiger charge is 2.37. The van der Waals surface area contributed by atoms with E-state index in [1.165, 1.54) is 54.7 Å². The fraction of sp³-hybridized carbons (Fsp3) is 0.442. The van der Waals surface area contributed by atoms with Crippen LogP contribution in [-0.4, -0.2) is 71.6 Å². The molecule has 8 rings (SSSR count). The normalized spacial score (nSPS) is 17.2. The Morgan fingerprint density at radius 3 is 1.30 bits per heavy atom. The lowest BCUT2D eigenvalue weighted by atomic mass is 9.82. The quantitative estimate of drug-likeness (QED) is 0.0541. The summed E-state index contributed by atoms with van der Waals surface area (Å²) < 4.78 is 0. The van der Waals surface area contributed by atoms with E-state index in [9.17, 15) is 19.2 Å². The first kappa shape index (κ1) is 32.8. The molecule has 3 aliphatic heterocycles. The van der Waals surface area contributed by atoms with Crippen LogP contribution in [0.5, 0.6) is 0 Å². The molecule has 7 nitrogen and oxygen atoms in total. The van der Waals surface area contributed by atoms with Crippen LogP contribution in [0, 0.1) is 5.92 Å². The van der Waals surface area contributed by atoms with E-state index in [0.717, 1.165) is 77.5 Å². The summed E-state index contributed by atoms with van der Waals surface area (Å²) in [6.45, 7) is 5.07. The number of fused-ring (bicyclic) bond motifs is 2. The second kappa shape index (κ2) is 13.4. The molecule has 0 saturated carbocycles. The number of carbonyl (C=O) groups is 4. The van der Waals surface area contributed by atoms with Crippen molar-refractivity contribution in [1.82, 2.24) is 14.7 Å². The first-order valence-corrected chi connectivity index (χ1v) is 19.0. The van der Waals surface area contributed by atoms with Crippen LogP contribution in [0.15, 0.2) is 48.5 Å². The number of amides is 4. The van der Waals surface area contributed by atoms with Crippen molar-refractivity contribution >= 4 is 66.7 Å². The summed E-state index contributed by atoms with van der Waals surface area (Å²) in [6, 6.07) is 15.4. The topological polar surface area (TPSA) is 78.0 Å². The summed E-state index contributed by atoms with van der Waals surface area (Å²) in [5, 5.41) is 6.92. The zero-order valence-corrected chi connectivity index (χ0v) is 29.5. The van der Waals surface area contributed by atoms with E-state index < -0.39 is 0 Å². The summed E-state index contributed by atoms with van der Waals surface area (Å²) in [4.78, 5) is 60.9. The van der Waals surface area contributed by atoms with Gasteiger partial charge >= 0.3 is 0 Å². The number of carbonyl (C=O) groups excluding carboxylic acids is 4. The van der Waals surface area contributed by atoms with Gasteiger partial charge in [0.1, 0.15) is 0 Å². The minimum Gasteiger partial charge on any atom is -0.306 e. The van der Waals surface area contributed by atoms with Gasteiger partial charge in [-0.2, -0.15) is 0 Å². The Morgan fingerprint density at radius 2 is 0.880 bits per heavy atom. The second-order valence-electron chi connectivity index (χ2n) is 15.1. The van der Waals surface area contributed by atoms with Crippen molar-refractivity contribution < 1.29 is 19.2 Å². The smallest absolute Gasteiger partial charge is 0.261 e. The molecule has 3 aliphatic rings. The van der Waals surface area contributed by atoms with Gasteiger partial charge in [0.15, 0.2) is 0 Å². The Labute approximate surface area is 293 Å². The van der Waals surface area contributed by atoms with E-state index in [-0.39, 0.29) is 23.6 Å². The Bertz CT molecular complexity index is 2040. The van der Waals surface area contributed by atoms with Crippen molar-refractivity contribution in [2.24, 2.45) is 5.92 Å². The van der Waals surface area contributed by atoms with Crippen LogP contribution in [0.3, 0.4) is 0 Å². The minimum absolute atomic E-state index is 0.222. The average molecular weight is 670 g/mol. The van der Waals surface area contributed by atoms with Crippen LogP contribution in [0.25, 0.3) is 43.1 Å². The molecule has 1 fully saturated rings. The number of rotatable bonds is 13. The maximum atomic E-state index is 14.0. The highest BCUT2D eigenvalue weighted by atomic mass is 16.2. The van der Waals surface area contributed by atoms with E-state index in [1.807, 2.05) is 48.5 Å². The molecule has 5 aromatic rings. The summed E-state index contributed by atoms with van der Waals surface area (Å²) in [5.41, 5.74) is 2.26. The van der Waals surface area contributed by atoms with Crippen molar-refractivity contribution in [3.8, 4) is 0 Å². The van der Waals surface area contributed by atoms with Gasteiger partial charge in [0.05, 0.1) is 0 Å². The van der Waals surface area contributed by atoms with Crippen molar-refractivity contribution in [3.63, 3.8) is 0 Å². The molecule has 5 aromatic carbocycles. The zero-order chi connectivity index (χ0) is 34.5. The molecular formula is C43H47N3O4. The number of piperidine rings is 1. The standard InChI is InChI=1S/C43H47N3O4/c1-3-4-5-6-7-8-9-10-11-12-23-45-40(47)32-17-13-28-30-15-19-34-39-35(43(50)46(42(34)49)26-27-21-24-44(2)25-22-27)20-16-31(37(30)39)29-14-18-33(41(45)48)38(32)36(28)29/h13-20,27H,3-12,21-26H2,1-2H3. The van der Waals surface area contributed by atoms with E-state index in [4.69, 9.17) is 0 Å². The van der Waals surface area contributed by atoms with Gasteiger partial charge in [-0.25, -0.2) is 0 Å². The Hall–Kier alpha value is -4.36. The fourth-order valence-electron chi connectivity index (χ4n) is 9.00. The first-order chi connectivity index (χ1) is 24.4. The molecule has 0 spiro atoms. The van der Waals surface area contributed by atoms with Crippen LogP contribution < -0.4 is 0 Å². The Balaban J connectivity index is 1.09. The van der Waals surface area contributed by atoms with Gasteiger partial charge in [-0.1, -0.05) is 89.0 Å². The van der Waals surface area contributed by atoms with E-state index >= 15 is 0 Å². The maximum absolute atomic E-state index is 14.0. The second-order valence-corrected chi connectivity index (χ2v) is 15.1. The number of benzene rings is 5. The van der Waals surface area contributed by atoms with E-state index in [0.29, 0.717) is 52.0 Å². The number of nitrogens with zero attached hydrogens (tertiary/aromatic N) is 3. The fourth-order valence-corrected chi connectivity index (χ4v) is 9.00. The highest BCUT2D eigenvalue weighted by molar-refractivity contribution is 6.41. The maximum Gasteiger partial charge on any atom is 0.261 e. The molecule has 3 heterocycles. The zero-order valence-electron chi connectivity index (χ0n) is 29.5. The molecule has 0 aromatic heterocycles. The van der Waals surface area contributed by atoms with Gasteiger partial charge < -0.3 is 4.90 Å². The number of hydrogen-bond acceptors (Lipinski definition) is 5. The third-order valence-corrected chi connectivity index (χ3v) is 11.8. The SMILES string of the molecule is CCCCCCCCCCCCN1C(=O)c2ccc3c4ccc5c6c(ccc(c7ccc(c2c37)C1=O)c64)C(=O)N(CC1CCN(C)CC1)C5=O. The van der Waals surface area contributed by atoms with Crippen LogP contribution >= 0.6 is 0 Å². The van der Waals surface area contributed by atoms with Gasteiger partial charge in [0, 0.05) is 46.1 Å². The van der Waals surface area contributed by atoms with Crippen LogP contribution in [0.4, 0.5) is 0 Å². The van der Waals surface area contributed by atoms with E-state index in [2.05, 4.69) is 18.9 Å². The molecule has 1 saturated heterocycles. The average Bonchev–Trinajstić information content (AvgIpc) is 3.13. The summed E-state index contributed by atoms with van der Waals surface area (Å²) >= 11 is 0. The van der Waals surface area contributed by atoms with Gasteiger partial charge in [0.2, 0.25) is 0 Å². The molecule has 0 unspecified atom stereocenters. The summed E-state index contributed by atoms with van der Waals surface area (Å²) in [7, 11) is 2.11. The lowest BCUT2D eigenvalue weighted by Gasteiger charge is -2.34. The molecule has 4 amide bonds. The van der Waals surface area contributed by atoms with Gasteiger partial charge in [0.25, 0.3) is 23.6 Å². The molecular weight excluding hydrogens is 622 g/mol. The molecule has 0 atom stereocenters. The Kier molecular flexibility index (Phi) is 8.80. The summed E-state index contributed by atoms with van der Waals surface area (Å²) in [5.74, 6) is -0.589. The molecule has 0 aliphatic carbocycles. The first-order valence-electron chi connectivity index (χ1n) is 19.0. The molecule has 0 radical (unpaired) electrons. The molecule has 0 N–H and O–H groups in total. The third-order valence-electron chi connectivity index (χ3n) is 11.8. The molecule has 50 heavy (non-hydrogen) atoms. The third kappa shape index (κ3) is 5.36. The lowest BCUT2D eigenvalue weighted by molar-refractivity contribution is 0.0556. The van der Waals surface area contributed by atoms with Crippen molar-refractivity contribution in [3.05, 3.63) is 70.8 Å². The minimum atomic E-state index is -0.223. The van der Waals surface area contributed by atoms with Crippen molar-refractivity contribution in [2.75, 3.05) is 33.2 Å². The largest absolute Gasteiger partial charge is 0.306 e. The molecule has 0 bridgehead atoms. The van der Waals surface area contributed by atoms with E-state index in [1.54, 1.807) is 0 Å². The van der Waals surface area contributed by atoms with Crippen LogP contribution in [-0.2, 0) is 0 Å². The van der Waals surface area contributed by atoms with Gasteiger partial charge in [-0.05, 0) is 102 Å². The van der Waals surface area contributed by atoms with Crippen LogP contribution in [0.2, 0.25) is 0 Å². The monoisotopic (exact) mass is 669 g/mol. The van der Waals surface area contributed by atoms with Gasteiger partial charge in [-0.15, -0.1) is 0 Å². The lowest BCUT2D eigenvalue weighted by Crippen LogP contribution is -2.45. The van der Waals surface area contributed by atoms with Crippen molar-refractivity contribution in [1.29, 1.82) is 0 Å². The number of imide groups is 2. The number of hydrogen-bond donors (Lipinski definition) is 0. The predicted molar refractivity (Wildman–Crippen MR) is 200 cm³/mol. The van der Waals surface area contributed by atoms with Crippen molar-refractivity contribution in [2.45, 2.75) is 84.0 Å². The number of unbranched alkanes of at least 4 members (excludes halogenated alkanes) is 9. The van der Waals surface area contributed by atoms with Crippen LogP contribution in [0.1, 0.15) is 125 Å². The molecule has 258 valence electrons. The Morgan fingerprint density at radius 1 is 0.500 bits per heavy atom. The summed E-state index contributed by atoms with van der Waals surface area (Å²) in [6.07, 6.45) is 13.9. The van der Waals surface area contributed by atoms with Gasteiger partial charge in [-0.3, -0.25) is 29.0 Å². The predicted octanol–water partition coefficient (Wildman–Crippen LogP) is 9.19. The molecule has 7 heteroatoms. The highest BCUT2D eigenvalue weighted by Crippen LogP contribution is 2.46. The number of likely N-dealkylation sites (tertiary alicyclic amines) is 1.